The topological polar surface area (TPSA) is 52.4 Å². The maximum absolute atomic E-state index is 11.0. The average Bonchev–Trinajstić information content (AvgIpc) is 2.45. The number of nitrogens with zero attached hydrogens (tertiary/aromatic N) is 1. The molecule has 0 unspecified atom stereocenters. The highest BCUT2D eigenvalue weighted by Gasteiger charge is 2.15. The number of hydrogen-bond donors (Lipinski definition) is 0. The summed E-state index contributed by atoms with van der Waals surface area (Å²) in [5.74, 6) is 0.671. The highest BCUT2D eigenvalue weighted by molar-refractivity contribution is 9.10. The van der Waals surface area contributed by atoms with Gasteiger partial charge in [0.05, 0.1) is 10.5 Å². The first kappa shape index (κ1) is 16.3. The minimum absolute atomic E-state index is 0.00287. The number of halogens is 3. The first-order valence-electron chi connectivity index (χ1n) is 5.91. The van der Waals surface area contributed by atoms with E-state index in [0.29, 0.717) is 21.7 Å². The molecule has 2 aromatic rings. The van der Waals surface area contributed by atoms with Crippen LogP contribution in [0.1, 0.15) is 11.1 Å². The summed E-state index contributed by atoms with van der Waals surface area (Å²) < 4.78 is 6.64. The molecule has 0 atom stereocenters. The normalized spacial score (nSPS) is 10.4. The Hall–Kier alpha value is -1.11. The number of benzene rings is 2. The summed E-state index contributed by atoms with van der Waals surface area (Å²) in [7, 11) is 0. The van der Waals surface area contributed by atoms with Crippen molar-refractivity contribution in [1.29, 1.82) is 0 Å². The van der Waals surface area contributed by atoms with Crippen molar-refractivity contribution in [2.45, 2.75) is 11.9 Å². The Labute approximate surface area is 143 Å². The fraction of sp³-hybridized carbons (Fsp3) is 0.143. The van der Waals surface area contributed by atoms with Crippen molar-refractivity contribution < 1.29 is 9.66 Å². The van der Waals surface area contributed by atoms with Crippen LogP contribution in [0.2, 0.25) is 5.02 Å². The molecule has 0 amide bonds. The molecule has 0 fully saturated rings. The molecule has 0 aliphatic rings. The lowest BCUT2D eigenvalue weighted by Crippen LogP contribution is -2.02. The van der Waals surface area contributed by atoms with Gasteiger partial charge < -0.3 is 4.74 Å². The summed E-state index contributed by atoms with van der Waals surface area (Å²) in [4.78, 5) is 10.6. The molecule has 0 N–H and O–H groups in total. The molecule has 2 aromatic carbocycles. The maximum Gasteiger partial charge on any atom is 0.276 e. The van der Waals surface area contributed by atoms with Crippen LogP contribution in [0.3, 0.4) is 0 Å². The van der Waals surface area contributed by atoms with Crippen molar-refractivity contribution in [3.63, 3.8) is 0 Å². The first-order valence-corrected chi connectivity index (χ1v) is 8.20. The molecule has 0 bridgehead atoms. The lowest BCUT2D eigenvalue weighted by Gasteiger charge is -2.11. The van der Waals surface area contributed by atoms with Crippen molar-refractivity contribution in [3.05, 3.63) is 67.1 Å². The Morgan fingerprint density at radius 3 is 2.62 bits per heavy atom. The Bertz CT molecular complexity index is 679. The van der Waals surface area contributed by atoms with Gasteiger partial charge in [-0.2, -0.15) is 0 Å². The SMILES string of the molecule is O=[N+]([O-])c1ccc(Cl)cc1COc1ccc(Br)cc1CBr. The number of nitro benzene ring substituents is 1. The monoisotopic (exact) mass is 433 g/mol. The van der Waals surface area contributed by atoms with Crippen LogP contribution in [0.25, 0.3) is 0 Å². The average molecular weight is 435 g/mol. The third kappa shape index (κ3) is 4.18. The van der Waals surface area contributed by atoms with Crippen LogP contribution >= 0.6 is 43.5 Å². The zero-order valence-electron chi connectivity index (χ0n) is 10.7. The van der Waals surface area contributed by atoms with Crippen LogP contribution in [-0.2, 0) is 11.9 Å². The van der Waals surface area contributed by atoms with Crippen molar-refractivity contribution in [2.75, 3.05) is 0 Å². The van der Waals surface area contributed by atoms with Gasteiger partial charge in [-0.3, -0.25) is 10.1 Å². The van der Waals surface area contributed by atoms with E-state index in [9.17, 15) is 10.1 Å². The van der Waals surface area contributed by atoms with Crippen LogP contribution in [0.5, 0.6) is 5.75 Å². The van der Waals surface area contributed by atoms with E-state index >= 15 is 0 Å². The van der Waals surface area contributed by atoms with Gasteiger partial charge in [0.2, 0.25) is 0 Å². The van der Waals surface area contributed by atoms with Gasteiger partial charge in [0.1, 0.15) is 12.4 Å². The van der Waals surface area contributed by atoms with Gasteiger partial charge in [0.15, 0.2) is 0 Å². The minimum Gasteiger partial charge on any atom is -0.488 e. The predicted octanol–water partition coefficient (Wildman–Crippen LogP) is 5.48. The standard InChI is InChI=1S/C14H10Br2ClNO3/c15-7-9-5-11(16)1-4-14(9)21-8-10-6-12(17)2-3-13(10)18(19)20/h1-6H,7-8H2. The third-order valence-corrected chi connectivity index (χ3v) is 4.12. The molecule has 0 radical (unpaired) electrons. The van der Waals surface area contributed by atoms with Gasteiger partial charge in [-0.05, 0) is 30.3 Å². The molecule has 2 rings (SSSR count). The minimum atomic E-state index is -0.442. The summed E-state index contributed by atoms with van der Waals surface area (Å²) in [6.45, 7) is 0.0819. The van der Waals surface area contributed by atoms with E-state index in [1.807, 2.05) is 18.2 Å². The van der Waals surface area contributed by atoms with Gasteiger partial charge in [-0.15, -0.1) is 0 Å². The summed E-state index contributed by atoms with van der Waals surface area (Å²) in [5, 5.41) is 12.1. The van der Waals surface area contributed by atoms with Gasteiger partial charge in [0.25, 0.3) is 5.69 Å². The summed E-state index contributed by atoms with van der Waals surface area (Å²) in [6, 6.07) is 10.0. The summed E-state index contributed by atoms with van der Waals surface area (Å²) in [6.07, 6.45) is 0. The molecule has 21 heavy (non-hydrogen) atoms. The van der Waals surface area contributed by atoms with Gasteiger partial charge in [-0.25, -0.2) is 0 Å². The molecule has 0 saturated heterocycles. The van der Waals surface area contributed by atoms with Crippen molar-refractivity contribution in [1.82, 2.24) is 0 Å². The van der Waals surface area contributed by atoms with E-state index in [4.69, 9.17) is 16.3 Å². The first-order chi connectivity index (χ1) is 10.0. The Morgan fingerprint density at radius 1 is 1.19 bits per heavy atom. The molecule has 0 saturated carbocycles. The molecular formula is C14H10Br2ClNO3. The van der Waals surface area contributed by atoms with Crippen LogP contribution in [-0.4, -0.2) is 4.92 Å². The molecule has 0 aliphatic heterocycles. The second-order valence-corrected chi connectivity index (χ2v) is 6.12. The van der Waals surface area contributed by atoms with E-state index in [1.54, 1.807) is 6.07 Å². The smallest absolute Gasteiger partial charge is 0.276 e. The molecular weight excluding hydrogens is 425 g/mol. The molecule has 4 nitrogen and oxygen atoms in total. The zero-order valence-corrected chi connectivity index (χ0v) is 14.6. The number of nitro groups is 1. The molecule has 0 aliphatic carbocycles. The van der Waals surface area contributed by atoms with Crippen molar-refractivity contribution in [3.8, 4) is 5.75 Å². The van der Waals surface area contributed by atoms with Gasteiger partial charge in [-0.1, -0.05) is 43.5 Å². The number of ether oxygens (including phenoxy) is 1. The zero-order chi connectivity index (χ0) is 15.4. The van der Waals surface area contributed by atoms with E-state index < -0.39 is 4.92 Å². The van der Waals surface area contributed by atoms with E-state index in [-0.39, 0.29) is 12.3 Å². The molecule has 0 spiro atoms. The Morgan fingerprint density at radius 2 is 1.95 bits per heavy atom. The van der Waals surface area contributed by atoms with Crippen molar-refractivity contribution in [2.24, 2.45) is 0 Å². The van der Waals surface area contributed by atoms with Crippen LogP contribution in [0.4, 0.5) is 5.69 Å². The largest absolute Gasteiger partial charge is 0.488 e. The molecule has 110 valence electrons. The highest BCUT2D eigenvalue weighted by Crippen LogP contribution is 2.28. The third-order valence-electron chi connectivity index (χ3n) is 2.79. The van der Waals surface area contributed by atoms with Crippen LogP contribution < -0.4 is 4.74 Å². The summed E-state index contributed by atoms with van der Waals surface area (Å²) >= 11 is 12.7. The quantitative estimate of drug-likeness (QED) is 0.355. The predicted molar refractivity (Wildman–Crippen MR) is 89.2 cm³/mol. The fourth-order valence-corrected chi connectivity index (χ4v) is 2.84. The lowest BCUT2D eigenvalue weighted by molar-refractivity contribution is -0.385. The second kappa shape index (κ2) is 7.24. The summed E-state index contributed by atoms with van der Waals surface area (Å²) in [5.41, 5.74) is 1.39. The lowest BCUT2D eigenvalue weighted by atomic mass is 10.2. The van der Waals surface area contributed by atoms with E-state index in [2.05, 4.69) is 31.9 Å². The Kier molecular flexibility index (Phi) is 5.61. The molecule has 0 aromatic heterocycles. The number of hydrogen-bond acceptors (Lipinski definition) is 3. The number of rotatable bonds is 5. The molecule has 0 heterocycles. The van der Waals surface area contributed by atoms with E-state index in [0.717, 1.165) is 10.0 Å². The van der Waals surface area contributed by atoms with Gasteiger partial charge in [0, 0.05) is 26.5 Å². The van der Waals surface area contributed by atoms with Crippen LogP contribution in [0.15, 0.2) is 40.9 Å². The van der Waals surface area contributed by atoms with Crippen LogP contribution in [0, 0.1) is 10.1 Å². The highest BCUT2D eigenvalue weighted by atomic mass is 79.9. The van der Waals surface area contributed by atoms with Crippen molar-refractivity contribution >= 4 is 49.1 Å². The second-order valence-electron chi connectivity index (χ2n) is 4.20. The Balaban J connectivity index is 2.24. The maximum atomic E-state index is 11.0. The van der Waals surface area contributed by atoms with Gasteiger partial charge >= 0.3 is 0 Å². The molecule has 7 heteroatoms. The number of alkyl halides is 1. The fourth-order valence-electron chi connectivity index (χ4n) is 1.80. The van der Waals surface area contributed by atoms with E-state index in [1.165, 1.54) is 12.1 Å².